The van der Waals surface area contributed by atoms with Crippen LogP contribution in [-0.4, -0.2) is 7.28 Å². The Hall–Kier alpha value is -0.195. The molecular formula is C10H21B. The molecule has 0 rings (SSSR count). The summed E-state index contributed by atoms with van der Waals surface area (Å²) in [5, 5.41) is 0.368. The van der Waals surface area contributed by atoms with E-state index in [1.165, 1.54) is 7.28 Å². The Morgan fingerprint density at radius 3 is 1.64 bits per heavy atom. The van der Waals surface area contributed by atoms with Gasteiger partial charge in [-0.1, -0.05) is 53.6 Å². The molecule has 0 heterocycles. The number of allylic oxidation sites excluding steroid dienone is 2. The average Bonchev–Trinajstić information content (AvgIpc) is 1.83. The van der Waals surface area contributed by atoms with Crippen LogP contribution in [0.1, 0.15) is 34.6 Å². The zero-order valence-corrected chi connectivity index (χ0v) is 8.86. The molecule has 0 amide bonds. The van der Waals surface area contributed by atoms with Crippen molar-refractivity contribution in [3.8, 4) is 0 Å². The third-order valence-electron chi connectivity index (χ3n) is 1.95. The number of hydrogen-bond donors (Lipinski definition) is 0. The summed E-state index contributed by atoms with van der Waals surface area (Å²) in [7, 11) is 1.21. The van der Waals surface area contributed by atoms with Crippen molar-refractivity contribution in [2.45, 2.75) is 46.8 Å². The van der Waals surface area contributed by atoms with Crippen molar-refractivity contribution in [1.82, 2.24) is 0 Å². The maximum Gasteiger partial charge on any atom is 0.129 e. The van der Waals surface area contributed by atoms with Crippen LogP contribution in [0, 0.1) is 5.41 Å². The lowest BCUT2D eigenvalue weighted by molar-refractivity contribution is 0.539. The van der Waals surface area contributed by atoms with Crippen molar-refractivity contribution in [3.63, 3.8) is 0 Å². The Bertz CT molecular complexity index is 137. The first-order valence-electron chi connectivity index (χ1n) is 4.47. The van der Waals surface area contributed by atoms with Crippen LogP contribution in [-0.2, 0) is 0 Å². The van der Waals surface area contributed by atoms with E-state index in [1.807, 2.05) is 0 Å². The highest BCUT2D eigenvalue weighted by Crippen LogP contribution is 2.27. The van der Waals surface area contributed by atoms with Gasteiger partial charge in [0.25, 0.3) is 0 Å². The quantitative estimate of drug-likeness (QED) is 0.420. The summed E-state index contributed by atoms with van der Waals surface area (Å²) in [5.41, 5.74) is 0.326. The molecule has 0 atom stereocenters. The second kappa shape index (κ2) is 3.47. The molecule has 0 aromatic carbocycles. The van der Waals surface area contributed by atoms with Gasteiger partial charge in [-0.2, -0.15) is 0 Å². The molecule has 0 aliphatic heterocycles. The third-order valence-corrected chi connectivity index (χ3v) is 1.95. The SMILES string of the molecule is CBC(C)(C)/C=C\C(C)(C)C. The Morgan fingerprint density at radius 1 is 0.909 bits per heavy atom. The molecule has 0 unspecified atom stereocenters. The van der Waals surface area contributed by atoms with Crippen molar-refractivity contribution in [3.05, 3.63) is 12.2 Å². The highest BCUT2D eigenvalue weighted by atomic mass is 14.1. The molecule has 0 nitrogen and oxygen atoms in total. The smallest absolute Gasteiger partial charge is 0.0900 e. The zero-order chi connectivity index (χ0) is 9.12. The summed E-state index contributed by atoms with van der Waals surface area (Å²) >= 11 is 0. The second-order valence-corrected chi connectivity index (χ2v) is 5.04. The summed E-state index contributed by atoms with van der Waals surface area (Å²) in [6.45, 7) is 13.5. The largest absolute Gasteiger partial charge is 0.129 e. The van der Waals surface area contributed by atoms with Crippen molar-refractivity contribution in [1.29, 1.82) is 0 Å². The Labute approximate surface area is 72.3 Å². The van der Waals surface area contributed by atoms with Crippen LogP contribution in [0.3, 0.4) is 0 Å². The van der Waals surface area contributed by atoms with E-state index in [-0.39, 0.29) is 0 Å². The lowest BCUT2D eigenvalue weighted by Crippen LogP contribution is -2.08. The van der Waals surface area contributed by atoms with Crippen molar-refractivity contribution in [2.24, 2.45) is 5.41 Å². The van der Waals surface area contributed by atoms with Crippen LogP contribution in [0.4, 0.5) is 0 Å². The minimum atomic E-state index is 0.326. The van der Waals surface area contributed by atoms with Gasteiger partial charge >= 0.3 is 0 Å². The van der Waals surface area contributed by atoms with Gasteiger partial charge in [0.2, 0.25) is 0 Å². The Balaban J connectivity index is 4.13. The van der Waals surface area contributed by atoms with E-state index in [1.54, 1.807) is 0 Å². The highest BCUT2D eigenvalue weighted by Gasteiger charge is 2.13. The lowest BCUT2D eigenvalue weighted by Gasteiger charge is -2.19. The molecule has 64 valence electrons. The highest BCUT2D eigenvalue weighted by molar-refractivity contribution is 6.38. The van der Waals surface area contributed by atoms with Crippen LogP contribution in [0.25, 0.3) is 0 Å². The first-order valence-corrected chi connectivity index (χ1v) is 4.47. The van der Waals surface area contributed by atoms with Crippen molar-refractivity contribution < 1.29 is 0 Å². The molecule has 0 aliphatic carbocycles. The molecule has 0 aromatic heterocycles. The van der Waals surface area contributed by atoms with Gasteiger partial charge in [0.1, 0.15) is 7.28 Å². The van der Waals surface area contributed by atoms with Gasteiger partial charge in [0.15, 0.2) is 0 Å². The molecular weight excluding hydrogens is 131 g/mol. The molecule has 0 aromatic rings. The predicted molar refractivity (Wildman–Crippen MR) is 55.6 cm³/mol. The van der Waals surface area contributed by atoms with Crippen molar-refractivity contribution in [2.75, 3.05) is 0 Å². The summed E-state index contributed by atoms with van der Waals surface area (Å²) in [6.07, 6.45) is 4.63. The molecule has 0 aliphatic rings. The van der Waals surface area contributed by atoms with Gasteiger partial charge in [-0.15, -0.1) is 0 Å². The van der Waals surface area contributed by atoms with E-state index in [0.717, 1.165) is 0 Å². The lowest BCUT2D eigenvalue weighted by atomic mass is 9.56. The monoisotopic (exact) mass is 152 g/mol. The van der Waals surface area contributed by atoms with Crippen LogP contribution in [0.2, 0.25) is 12.1 Å². The van der Waals surface area contributed by atoms with Crippen LogP contribution in [0.5, 0.6) is 0 Å². The Morgan fingerprint density at radius 2 is 1.36 bits per heavy atom. The van der Waals surface area contributed by atoms with Gasteiger partial charge in [-0.3, -0.25) is 0 Å². The first-order chi connectivity index (χ1) is 4.77. The van der Waals surface area contributed by atoms with Crippen LogP contribution < -0.4 is 0 Å². The average molecular weight is 152 g/mol. The fourth-order valence-electron chi connectivity index (χ4n) is 0.593. The van der Waals surface area contributed by atoms with Crippen LogP contribution in [0.15, 0.2) is 12.2 Å². The first kappa shape index (κ1) is 10.8. The summed E-state index contributed by atoms with van der Waals surface area (Å²) in [6, 6.07) is 0. The summed E-state index contributed by atoms with van der Waals surface area (Å²) in [5.74, 6) is 0. The van der Waals surface area contributed by atoms with E-state index < -0.39 is 0 Å². The zero-order valence-electron chi connectivity index (χ0n) is 8.86. The Kier molecular flexibility index (Phi) is 3.41. The predicted octanol–water partition coefficient (Wildman–Crippen LogP) is 3.27. The number of hydrogen-bond acceptors (Lipinski definition) is 0. The van der Waals surface area contributed by atoms with Gasteiger partial charge in [0, 0.05) is 0 Å². The minimum absolute atomic E-state index is 0.326. The fourth-order valence-corrected chi connectivity index (χ4v) is 0.593. The molecule has 0 bridgehead atoms. The van der Waals surface area contributed by atoms with Gasteiger partial charge in [-0.25, -0.2) is 0 Å². The molecule has 0 N–H and O–H groups in total. The van der Waals surface area contributed by atoms with E-state index >= 15 is 0 Å². The van der Waals surface area contributed by atoms with E-state index in [9.17, 15) is 0 Å². The normalized spacial score (nSPS) is 14.0. The topological polar surface area (TPSA) is 0 Å². The maximum atomic E-state index is 2.33. The molecule has 0 saturated carbocycles. The second-order valence-electron chi connectivity index (χ2n) is 5.04. The van der Waals surface area contributed by atoms with E-state index in [2.05, 4.69) is 53.6 Å². The van der Waals surface area contributed by atoms with E-state index in [4.69, 9.17) is 0 Å². The maximum absolute atomic E-state index is 2.33. The van der Waals surface area contributed by atoms with Crippen molar-refractivity contribution >= 4 is 7.28 Å². The summed E-state index contributed by atoms with van der Waals surface area (Å²) < 4.78 is 0. The van der Waals surface area contributed by atoms with E-state index in [0.29, 0.717) is 10.7 Å². The molecule has 0 radical (unpaired) electrons. The molecule has 1 heteroatoms. The van der Waals surface area contributed by atoms with Crippen LogP contribution >= 0.6 is 0 Å². The molecule has 11 heavy (non-hydrogen) atoms. The minimum Gasteiger partial charge on any atom is -0.0900 e. The standard InChI is InChI=1S/C10H21B/c1-9(2,3)7-8-10(4,5)11-6/h7-8,11H,1-6H3/b8-7-. The van der Waals surface area contributed by atoms with Gasteiger partial charge in [-0.05, 0) is 10.7 Å². The third kappa shape index (κ3) is 6.21. The van der Waals surface area contributed by atoms with Gasteiger partial charge in [0.05, 0.1) is 0 Å². The molecule has 0 fully saturated rings. The fraction of sp³-hybridized carbons (Fsp3) is 0.800. The molecule has 0 saturated heterocycles. The molecule has 0 spiro atoms. The van der Waals surface area contributed by atoms with Gasteiger partial charge < -0.3 is 0 Å². The number of rotatable bonds is 2. The summed E-state index contributed by atoms with van der Waals surface area (Å²) in [4.78, 5) is 0.